The number of para-hydroxylation sites is 2. The number of hydrogen-bond acceptors (Lipinski definition) is 2. The van der Waals surface area contributed by atoms with Gasteiger partial charge in [0.2, 0.25) is 0 Å². The summed E-state index contributed by atoms with van der Waals surface area (Å²) < 4.78 is 3.13. The first kappa shape index (κ1) is 13.8. The van der Waals surface area contributed by atoms with Crippen molar-refractivity contribution in [3.8, 4) is 6.07 Å². The van der Waals surface area contributed by atoms with Crippen LogP contribution >= 0.6 is 22.6 Å². The van der Waals surface area contributed by atoms with Crippen LogP contribution in [0.5, 0.6) is 0 Å². The summed E-state index contributed by atoms with van der Waals surface area (Å²) in [5, 5.41) is 9.47. The summed E-state index contributed by atoms with van der Waals surface area (Å²) in [6.07, 6.45) is 1.87. The van der Waals surface area contributed by atoms with Crippen LogP contribution < -0.4 is 0 Å². The summed E-state index contributed by atoms with van der Waals surface area (Å²) in [7, 11) is 1.93. The molecule has 3 nitrogen and oxygen atoms in total. The van der Waals surface area contributed by atoms with Crippen molar-refractivity contribution in [1.29, 1.82) is 5.26 Å². The van der Waals surface area contributed by atoms with E-state index in [9.17, 15) is 5.26 Å². The predicted octanol–water partition coefficient (Wildman–Crippen LogP) is 4.24. The zero-order chi connectivity index (χ0) is 14.8. The monoisotopic (exact) mass is 385 g/mol. The number of halogens is 1. The summed E-state index contributed by atoms with van der Waals surface area (Å²) in [6, 6.07) is 18.2. The number of benzene rings is 2. The molecule has 0 spiro atoms. The van der Waals surface area contributed by atoms with Crippen molar-refractivity contribution in [3.05, 3.63) is 63.5 Å². The van der Waals surface area contributed by atoms with Gasteiger partial charge in [-0.15, -0.1) is 0 Å². The van der Waals surface area contributed by atoms with E-state index in [1.165, 1.54) is 3.57 Å². The third-order valence-electron chi connectivity index (χ3n) is 3.33. The minimum absolute atomic E-state index is 0.565. The molecule has 0 aliphatic carbocycles. The largest absolute Gasteiger partial charge is 0.327 e. The fraction of sp³-hybridized carbons (Fsp3) is 0.0588. The van der Waals surface area contributed by atoms with Crippen LogP contribution in [0.2, 0.25) is 0 Å². The second-order valence-electron chi connectivity index (χ2n) is 4.70. The number of imidazole rings is 1. The molecule has 3 rings (SSSR count). The maximum atomic E-state index is 9.47. The molecule has 1 aromatic heterocycles. The Balaban J connectivity index is 2.12. The molecule has 0 aliphatic heterocycles. The van der Waals surface area contributed by atoms with E-state index in [1.54, 1.807) is 0 Å². The summed E-state index contributed by atoms with van der Waals surface area (Å²) in [5.41, 5.74) is 3.49. The van der Waals surface area contributed by atoms with E-state index in [2.05, 4.69) is 33.6 Å². The third-order valence-corrected chi connectivity index (χ3v) is 4.05. The minimum Gasteiger partial charge on any atom is -0.327 e. The molecule has 1 heterocycles. The quantitative estimate of drug-likeness (QED) is 0.489. The molecule has 0 amide bonds. The molecule has 0 N–H and O–H groups in total. The lowest BCUT2D eigenvalue weighted by Crippen LogP contribution is -1.96. The highest BCUT2D eigenvalue weighted by Gasteiger charge is 2.11. The van der Waals surface area contributed by atoms with E-state index in [0.717, 1.165) is 16.6 Å². The number of fused-ring (bicyclic) bond motifs is 1. The van der Waals surface area contributed by atoms with Gasteiger partial charge < -0.3 is 4.57 Å². The zero-order valence-electron chi connectivity index (χ0n) is 11.4. The molecular weight excluding hydrogens is 373 g/mol. The number of allylic oxidation sites excluding steroid dienone is 1. The van der Waals surface area contributed by atoms with Gasteiger partial charge in [-0.3, -0.25) is 0 Å². The second-order valence-corrected chi connectivity index (χ2v) is 5.95. The SMILES string of the molecule is Cn1c(/C(C#N)=C\c2ccc(I)cc2)nc2ccccc21. The van der Waals surface area contributed by atoms with E-state index < -0.39 is 0 Å². The first-order valence-corrected chi connectivity index (χ1v) is 7.56. The fourth-order valence-corrected chi connectivity index (χ4v) is 2.62. The van der Waals surface area contributed by atoms with Crippen LogP contribution in [0.15, 0.2) is 48.5 Å². The smallest absolute Gasteiger partial charge is 0.151 e. The van der Waals surface area contributed by atoms with E-state index in [4.69, 9.17) is 0 Å². The normalized spacial score (nSPS) is 11.6. The number of aryl methyl sites for hydroxylation is 1. The zero-order valence-corrected chi connectivity index (χ0v) is 13.6. The number of rotatable bonds is 2. The predicted molar refractivity (Wildman–Crippen MR) is 93.4 cm³/mol. The fourth-order valence-electron chi connectivity index (χ4n) is 2.26. The number of hydrogen-bond donors (Lipinski definition) is 0. The molecular formula is C17H12IN3. The molecule has 0 saturated heterocycles. The Hall–Kier alpha value is -2.13. The van der Waals surface area contributed by atoms with Gasteiger partial charge in [0.25, 0.3) is 0 Å². The number of aromatic nitrogens is 2. The standard InChI is InChI=1S/C17H12IN3/c1-21-16-5-3-2-4-15(16)20-17(21)13(11-19)10-12-6-8-14(18)9-7-12/h2-10H,1H3/b13-10-. The van der Waals surface area contributed by atoms with Crippen molar-refractivity contribution < 1.29 is 0 Å². The molecule has 0 saturated carbocycles. The molecule has 4 heteroatoms. The van der Waals surface area contributed by atoms with Gasteiger partial charge in [-0.1, -0.05) is 24.3 Å². The average molecular weight is 385 g/mol. The Morgan fingerprint density at radius 1 is 1.19 bits per heavy atom. The van der Waals surface area contributed by atoms with Gasteiger partial charge >= 0.3 is 0 Å². The molecule has 3 aromatic rings. The average Bonchev–Trinajstić information content (AvgIpc) is 2.84. The van der Waals surface area contributed by atoms with Crippen LogP contribution in [0.25, 0.3) is 22.7 Å². The maximum Gasteiger partial charge on any atom is 0.151 e. The van der Waals surface area contributed by atoms with E-state index in [-0.39, 0.29) is 0 Å². The van der Waals surface area contributed by atoms with Crippen molar-refractivity contribution in [1.82, 2.24) is 9.55 Å². The molecule has 102 valence electrons. The van der Waals surface area contributed by atoms with Crippen LogP contribution in [-0.2, 0) is 7.05 Å². The summed E-state index contributed by atoms with van der Waals surface area (Å²) in [4.78, 5) is 4.57. The van der Waals surface area contributed by atoms with Gasteiger partial charge in [-0.2, -0.15) is 5.26 Å². The first-order valence-electron chi connectivity index (χ1n) is 6.48. The van der Waals surface area contributed by atoms with Gasteiger partial charge in [-0.25, -0.2) is 4.98 Å². The Labute approximate surface area is 136 Å². The van der Waals surface area contributed by atoms with E-state index >= 15 is 0 Å². The molecule has 0 fully saturated rings. The highest BCUT2D eigenvalue weighted by molar-refractivity contribution is 14.1. The van der Waals surface area contributed by atoms with Gasteiger partial charge in [-0.05, 0) is 58.5 Å². The van der Waals surface area contributed by atoms with Crippen LogP contribution in [0.3, 0.4) is 0 Å². The third kappa shape index (κ3) is 2.69. The lowest BCUT2D eigenvalue weighted by molar-refractivity contribution is 0.925. The molecule has 0 atom stereocenters. The van der Waals surface area contributed by atoms with Crippen molar-refractivity contribution in [2.75, 3.05) is 0 Å². The van der Waals surface area contributed by atoms with Crippen molar-refractivity contribution >= 4 is 45.3 Å². The summed E-state index contributed by atoms with van der Waals surface area (Å²) >= 11 is 2.26. The lowest BCUT2D eigenvalue weighted by atomic mass is 10.1. The van der Waals surface area contributed by atoms with Crippen molar-refractivity contribution in [2.24, 2.45) is 7.05 Å². The topological polar surface area (TPSA) is 41.6 Å². The van der Waals surface area contributed by atoms with Gasteiger partial charge in [0.15, 0.2) is 5.82 Å². The van der Waals surface area contributed by atoms with Crippen molar-refractivity contribution in [2.45, 2.75) is 0 Å². The maximum absolute atomic E-state index is 9.47. The summed E-state index contributed by atoms with van der Waals surface area (Å²) in [6.45, 7) is 0. The van der Waals surface area contributed by atoms with Crippen LogP contribution in [0.4, 0.5) is 0 Å². The molecule has 2 aromatic carbocycles. The van der Waals surface area contributed by atoms with Crippen LogP contribution in [0.1, 0.15) is 11.4 Å². The summed E-state index contributed by atoms with van der Waals surface area (Å²) in [5.74, 6) is 0.692. The Kier molecular flexibility index (Phi) is 3.76. The van der Waals surface area contributed by atoms with Crippen LogP contribution in [0, 0.1) is 14.9 Å². The molecule has 0 unspecified atom stereocenters. The van der Waals surface area contributed by atoms with Gasteiger partial charge in [0.1, 0.15) is 6.07 Å². The van der Waals surface area contributed by atoms with E-state index in [0.29, 0.717) is 11.4 Å². The van der Waals surface area contributed by atoms with Crippen molar-refractivity contribution in [3.63, 3.8) is 0 Å². The Morgan fingerprint density at radius 3 is 2.57 bits per heavy atom. The lowest BCUT2D eigenvalue weighted by Gasteiger charge is -2.01. The highest BCUT2D eigenvalue weighted by atomic mass is 127. The number of nitrogens with zero attached hydrogens (tertiary/aromatic N) is 3. The molecule has 21 heavy (non-hydrogen) atoms. The first-order chi connectivity index (χ1) is 10.2. The van der Waals surface area contributed by atoms with Gasteiger partial charge in [0.05, 0.1) is 16.6 Å². The second kappa shape index (κ2) is 5.70. The molecule has 0 aliphatic rings. The molecule has 0 bridgehead atoms. The highest BCUT2D eigenvalue weighted by Crippen LogP contribution is 2.22. The number of nitriles is 1. The Bertz CT molecular complexity index is 867. The van der Waals surface area contributed by atoms with Crippen LogP contribution in [-0.4, -0.2) is 9.55 Å². The minimum atomic E-state index is 0.565. The van der Waals surface area contributed by atoms with Gasteiger partial charge in [0, 0.05) is 10.6 Å². The van der Waals surface area contributed by atoms with E-state index in [1.807, 2.05) is 66.2 Å². The molecule has 0 radical (unpaired) electrons. The Morgan fingerprint density at radius 2 is 1.90 bits per heavy atom.